The normalized spacial score (nSPS) is 13.2. The molecule has 174 valence electrons. The predicted octanol–water partition coefficient (Wildman–Crippen LogP) is 5.45. The fourth-order valence-corrected chi connectivity index (χ4v) is 4.72. The zero-order valence-electron chi connectivity index (χ0n) is 18.0. The Morgan fingerprint density at radius 3 is 2.09 bits per heavy atom. The number of hydrogen-bond donors (Lipinski definition) is 1. The lowest BCUT2D eigenvalue weighted by molar-refractivity contribution is -0.137. The lowest BCUT2D eigenvalue weighted by Crippen LogP contribution is -2.36. The third-order valence-corrected chi connectivity index (χ3v) is 7.03. The molecule has 0 aromatic heterocycles. The van der Waals surface area contributed by atoms with Crippen LogP contribution in [0.1, 0.15) is 28.4 Å². The SMILES string of the molecule is C=C(CN(CC(O)c1ccc(C(F)(F)F)cc1)S(=O)(=O)c1ccc(C)cc1)c1ccccc1. The molecule has 0 aliphatic carbocycles. The lowest BCUT2D eigenvalue weighted by Gasteiger charge is -2.26. The van der Waals surface area contributed by atoms with Gasteiger partial charge in [0.1, 0.15) is 0 Å². The largest absolute Gasteiger partial charge is 0.416 e. The van der Waals surface area contributed by atoms with E-state index in [1.807, 2.05) is 13.0 Å². The molecule has 0 saturated heterocycles. The Kier molecular flexibility index (Phi) is 7.41. The summed E-state index contributed by atoms with van der Waals surface area (Å²) in [7, 11) is -4.02. The number of hydrogen-bond acceptors (Lipinski definition) is 3. The fourth-order valence-electron chi connectivity index (χ4n) is 3.28. The summed E-state index contributed by atoms with van der Waals surface area (Å²) in [4.78, 5) is 0.0496. The van der Waals surface area contributed by atoms with Gasteiger partial charge in [-0.25, -0.2) is 8.42 Å². The first kappa shape index (κ1) is 24.7. The molecule has 0 bridgehead atoms. The Morgan fingerprint density at radius 1 is 0.970 bits per heavy atom. The Morgan fingerprint density at radius 2 is 1.55 bits per heavy atom. The molecule has 3 aromatic rings. The van der Waals surface area contributed by atoms with Crippen molar-refractivity contribution in [1.82, 2.24) is 4.31 Å². The van der Waals surface area contributed by atoms with Crippen molar-refractivity contribution < 1.29 is 26.7 Å². The third-order valence-electron chi connectivity index (χ3n) is 5.21. The number of sulfonamides is 1. The van der Waals surface area contributed by atoms with Crippen molar-refractivity contribution in [3.63, 3.8) is 0 Å². The van der Waals surface area contributed by atoms with Gasteiger partial charge in [-0.1, -0.05) is 66.7 Å². The molecule has 3 rings (SSSR count). The molecule has 1 atom stereocenters. The number of alkyl halides is 3. The van der Waals surface area contributed by atoms with E-state index in [-0.39, 0.29) is 23.5 Å². The van der Waals surface area contributed by atoms with Gasteiger partial charge in [0.15, 0.2) is 0 Å². The number of aliphatic hydroxyl groups excluding tert-OH is 1. The molecule has 0 radical (unpaired) electrons. The summed E-state index contributed by atoms with van der Waals surface area (Å²) < 4.78 is 66.4. The highest BCUT2D eigenvalue weighted by Crippen LogP contribution is 2.30. The summed E-state index contributed by atoms with van der Waals surface area (Å²) in [6.45, 7) is 5.37. The third kappa shape index (κ3) is 6.10. The van der Waals surface area contributed by atoms with Gasteiger partial charge in [0, 0.05) is 13.1 Å². The molecule has 33 heavy (non-hydrogen) atoms. The van der Waals surface area contributed by atoms with Crippen LogP contribution in [-0.4, -0.2) is 30.9 Å². The molecular weight excluding hydrogens is 451 g/mol. The van der Waals surface area contributed by atoms with Gasteiger partial charge in [0.2, 0.25) is 10.0 Å². The second-order valence-electron chi connectivity index (χ2n) is 7.72. The van der Waals surface area contributed by atoms with Crippen molar-refractivity contribution in [3.05, 3.63) is 108 Å². The van der Waals surface area contributed by atoms with Crippen molar-refractivity contribution in [2.45, 2.75) is 24.1 Å². The minimum atomic E-state index is -4.50. The van der Waals surface area contributed by atoms with Crippen molar-refractivity contribution in [2.24, 2.45) is 0 Å². The van der Waals surface area contributed by atoms with E-state index in [4.69, 9.17) is 0 Å². The maximum absolute atomic E-state index is 13.4. The zero-order chi connectivity index (χ0) is 24.2. The van der Waals surface area contributed by atoms with Crippen molar-refractivity contribution in [2.75, 3.05) is 13.1 Å². The number of aliphatic hydroxyl groups is 1. The minimum absolute atomic E-state index is 0.0496. The van der Waals surface area contributed by atoms with Gasteiger partial charge in [0.25, 0.3) is 0 Å². The molecule has 0 fully saturated rings. The van der Waals surface area contributed by atoms with E-state index < -0.39 is 27.9 Å². The monoisotopic (exact) mass is 475 g/mol. The predicted molar refractivity (Wildman–Crippen MR) is 122 cm³/mol. The molecular formula is C25H24F3NO3S. The van der Waals surface area contributed by atoms with E-state index in [1.54, 1.807) is 36.4 Å². The van der Waals surface area contributed by atoms with Crippen LogP contribution in [0.15, 0.2) is 90.3 Å². The van der Waals surface area contributed by atoms with Gasteiger partial charge in [0.05, 0.1) is 16.6 Å². The topological polar surface area (TPSA) is 57.6 Å². The molecule has 1 N–H and O–H groups in total. The molecule has 4 nitrogen and oxygen atoms in total. The lowest BCUT2D eigenvalue weighted by atomic mass is 10.1. The number of rotatable bonds is 8. The smallest absolute Gasteiger partial charge is 0.387 e. The van der Waals surface area contributed by atoms with Gasteiger partial charge in [-0.3, -0.25) is 0 Å². The van der Waals surface area contributed by atoms with Crippen molar-refractivity contribution in [1.29, 1.82) is 0 Å². The number of halogens is 3. The summed E-state index contributed by atoms with van der Waals surface area (Å²) in [5, 5.41) is 10.7. The second kappa shape index (κ2) is 9.91. The Labute approximate surface area is 191 Å². The molecule has 0 saturated carbocycles. The van der Waals surface area contributed by atoms with Gasteiger partial charge in [-0.15, -0.1) is 0 Å². The van der Waals surface area contributed by atoms with E-state index in [0.717, 1.165) is 39.7 Å². The second-order valence-corrected chi connectivity index (χ2v) is 9.65. The van der Waals surface area contributed by atoms with Gasteiger partial charge in [-0.05, 0) is 47.9 Å². The first-order valence-corrected chi connectivity index (χ1v) is 11.6. The summed E-state index contributed by atoms with van der Waals surface area (Å²) in [5.41, 5.74) is 1.48. The van der Waals surface area contributed by atoms with Gasteiger partial charge in [-0.2, -0.15) is 17.5 Å². The summed E-state index contributed by atoms with van der Waals surface area (Å²) in [6.07, 6.45) is -5.84. The van der Waals surface area contributed by atoms with Crippen LogP contribution >= 0.6 is 0 Å². The fraction of sp³-hybridized carbons (Fsp3) is 0.200. The molecule has 3 aromatic carbocycles. The summed E-state index contributed by atoms with van der Waals surface area (Å²) in [6, 6.07) is 19.3. The molecule has 0 heterocycles. The average Bonchev–Trinajstić information content (AvgIpc) is 2.79. The van der Waals surface area contributed by atoms with Crippen LogP contribution in [0.5, 0.6) is 0 Å². The minimum Gasteiger partial charge on any atom is -0.387 e. The zero-order valence-corrected chi connectivity index (χ0v) is 18.8. The van der Waals surface area contributed by atoms with Crippen LogP contribution in [0.25, 0.3) is 5.57 Å². The summed E-state index contributed by atoms with van der Waals surface area (Å²) in [5.74, 6) is 0. The molecule has 0 aliphatic heterocycles. The highest BCUT2D eigenvalue weighted by molar-refractivity contribution is 7.89. The van der Waals surface area contributed by atoms with E-state index in [1.165, 1.54) is 12.1 Å². The van der Waals surface area contributed by atoms with Crippen LogP contribution in [0.4, 0.5) is 13.2 Å². The Balaban J connectivity index is 1.90. The van der Waals surface area contributed by atoms with Crippen LogP contribution in [0.2, 0.25) is 0 Å². The van der Waals surface area contributed by atoms with E-state index in [9.17, 15) is 26.7 Å². The number of benzene rings is 3. The van der Waals surface area contributed by atoms with E-state index in [0.29, 0.717) is 5.57 Å². The Hall–Kier alpha value is -2.94. The van der Waals surface area contributed by atoms with Crippen molar-refractivity contribution in [3.8, 4) is 0 Å². The molecule has 0 aliphatic rings. The van der Waals surface area contributed by atoms with E-state index in [2.05, 4.69) is 6.58 Å². The standard InChI is InChI=1S/C25H24F3NO3S/c1-18-8-14-23(15-9-18)33(31,32)29(16-19(2)20-6-4-3-5-7-20)17-24(30)21-10-12-22(13-11-21)25(26,27)28/h3-15,24,30H,2,16-17H2,1H3. The van der Waals surface area contributed by atoms with Crippen molar-refractivity contribution >= 4 is 15.6 Å². The first-order valence-electron chi connectivity index (χ1n) is 10.1. The number of aryl methyl sites for hydroxylation is 1. The highest BCUT2D eigenvalue weighted by Gasteiger charge is 2.31. The summed E-state index contributed by atoms with van der Waals surface area (Å²) >= 11 is 0. The molecule has 0 amide bonds. The Bertz CT molecular complexity index is 1190. The average molecular weight is 476 g/mol. The van der Waals surface area contributed by atoms with E-state index >= 15 is 0 Å². The maximum Gasteiger partial charge on any atom is 0.416 e. The maximum atomic E-state index is 13.4. The van der Waals surface area contributed by atoms with Crippen LogP contribution in [0, 0.1) is 6.92 Å². The van der Waals surface area contributed by atoms with Crippen LogP contribution in [0.3, 0.4) is 0 Å². The van der Waals surface area contributed by atoms with Gasteiger partial charge >= 0.3 is 6.18 Å². The first-order chi connectivity index (χ1) is 15.5. The molecule has 8 heteroatoms. The quantitative estimate of drug-likeness (QED) is 0.471. The van der Waals surface area contributed by atoms with Crippen LogP contribution < -0.4 is 0 Å². The van der Waals surface area contributed by atoms with Gasteiger partial charge < -0.3 is 5.11 Å². The molecule has 1 unspecified atom stereocenters. The number of nitrogens with zero attached hydrogens (tertiary/aromatic N) is 1. The molecule has 0 spiro atoms. The van der Waals surface area contributed by atoms with Crippen LogP contribution in [-0.2, 0) is 16.2 Å². The highest BCUT2D eigenvalue weighted by atomic mass is 32.2.